The zero-order valence-corrected chi connectivity index (χ0v) is 20.7. The molecule has 0 saturated heterocycles. The van der Waals surface area contributed by atoms with Gasteiger partial charge in [-0.3, -0.25) is 14.4 Å². The van der Waals surface area contributed by atoms with Gasteiger partial charge in [-0.15, -0.1) is 0 Å². The van der Waals surface area contributed by atoms with Crippen molar-refractivity contribution in [3.05, 3.63) is 143 Å². The van der Waals surface area contributed by atoms with Gasteiger partial charge < -0.3 is 0 Å². The molecule has 4 aromatic rings. The highest BCUT2D eigenvalue weighted by molar-refractivity contribution is 5.97. The van der Waals surface area contributed by atoms with Gasteiger partial charge in [0.2, 0.25) is 0 Å². The molecule has 0 fully saturated rings. The number of benzene rings is 4. The van der Waals surface area contributed by atoms with E-state index in [1.165, 1.54) is 18.6 Å². The summed E-state index contributed by atoms with van der Waals surface area (Å²) in [5, 5.41) is 12.1. The molecule has 0 unspecified atom stereocenters. The van der Waals surface area contributed by atoms with Crippen LogP contribution in [0.3, 0.4) is 0 Å². The second-order valence-corrected chi connectivity index (χ2v) is 8.13. The molecule has 0 aromatic heterocycles. The zero-order chi connectivity index (χ0) is 27.3. The van der Waals surface area contributed by atoms with E-state index >= 15 is 0 Å². The summed E-state index contributed by atoms with van der Waals surface area (Å²) in [6.45, 7) is 0. The number of nitrogens with zero attached hydrogens (tertiary/aromatic N) is 3. The first-order valence-corrected chi connectivity index (χ1v) is 11.9. The van der Waals surface area contributed by atoms with Crippen LogP contribution in [0.2, 0.25) is 0 Å². The molecule has 3 amide bonds. The molecule has 0 aliphatic rings. The lowest BCUT2D eigenvalue weighted by Crippen LogP contribution is -2.18. The summed E-state index contributed by atoms with van der Waals surface area (Å²) in [6.07, 6.45) is 4.42. The average Bonchev–Trinajstić information content (AvgIpc) is 2.98. The molecule has 0 aliphatic heterocycles. The van der Waals surface area contributed by atoms with Gasteiger partial charge in [0.05, 0.1) is 18.6 Å². The van der Waals surface area contributed by atoms with E-state index in [-0.39, 0.29) is 17.7 Å². The van der Waals surface area contributed by atoms with Crippen LogP contribution in [0.25, 0.3) is 0 Å². The maximum atomic E-state index is 12.3. The fraction of sp³-hybridized carbons (Fsp3) is 0. The first-order chi connectivity index (χ1) is 19.1. The fourth-order valence-corrected chi connectivity index (χ4v) is 3.38. The number of rotatable bonds is 9. The van der Waals surface area contributed by atoms with Gasteiger partial charge in [-0.25, -0.2) is 16.3 Å². The van der Waals surface area contributed by atoms with E-state index in [1.807, 2.05) is 18.2 Å². The molecule has 39 heavy (non-hydrogen) atoms. The topological polar surface area (TPSA) is 124 Å². The third-order valence-corrected chi connectivity index (χ3v) is 5.25. The Bertz CT molecular complexity index is 1320. The first-order valence-electron chi connectivity index (χ1n) is 11.9. The standard InChI is InChI=1S/C30H24N6O3/c37-28(25-10-4-1-5-11-25)34-31-19-22-16-23(20-32-35-29(38)26-12-6-2-7-13-26)18-24(17-22)21-33-36-30(39)27-14-8-3-9-15-27/h1-21H,(H,34,37)(H,35,38)(H,36,39)/b31-19-,32-20+,33-21+. The summed E-state index contributed by atoms with van der Waals surface area (Å²) in [7, 11) is 0. The third kappa shape index (κ3) is 8.16. The van der Waals surface area contributed by atoms with E-state index in [9.17, 15) is 14.4 Å². The van der Waals surface area contributed by atoms with Gasteiger partial charge >= 0.3 is 0 Å². The van der Waals surface area contributed by atoms with Crippen LogP contribution in [0.15, 0.2) is 124 Å². The monoisotopic (exact) mass is 516 g/mol. The average molecular weight is 517 g/mol. The Kier molecular flexibility index (Phi) is 9.17. The Morgan fingerprint density at radius 3 is 0.949 bits per heavy atom. The Morgan fingerprint density at radius 2 is 0.692 bits per heavy atom. The fourth-order valence-electron chi connectivity index (χ4n) is 3.38. The van der Waals surface area contributed by atoms with E-state index in [2.05, 4.69) is 31.6 Å². The molecule has 3 N–H and O–H groups in total. The predicted molar refractivity (Wildman–Crippen MR) is 151 cm³/mol. The van der Waals surface area contributed by atoms with E-state index in [1.54, 1.807) is 91.0 Å². The number of hydrogen-bond donors (Lipinski definition) is 3. The molecule has 0 aliphatic carbocycles. The summed E-state index contributed by atoms with van der Waals surface area (Å²) >= 11 is 0. The Labute approximate surface area is 225 Å². The second-order valence-electron chi connectivity index (χ2n) is 8.13. The lowest BCUT2D eigenvalue weighted by atomic mass is 10.1. The molecule has 0 heterocycles. The SMILES string of the molecule is O=C(N/N=C\c1cc(/C=N/NC(=O)c2ccccc2)cc(/C=N/NC(=O)c2ccccc2)c1)c1ccccc1. The van der Waals surface area contributed by atoms with Crippen molar-refractivity contribution < 1.29 is 14.4 Å². The maximum Gasteiger partial charge on any atom is 0.271 e. The molecule has 0 atom stereocenters. The smallest absolute Gasteiger partial charge is 0.267 e. The number of carbonyl (C=O) groups excluding carboxylic acids is 3. The van der Waals surface area contributed by atoms with Crippen molar-refractivity contribution in [1.29, 1.82) is 0 Å². The van der Waals surface area contributed by atoms with Gasteiger partial charge in [-0.2, -0.15) is 15.3 Å². The van der Waals surface area contributed by atoms with Crippen LogP contribution in [0.4, 0.5) is 0 Å². The minimum atomic E-state index is -0.349. The van der Waals surface area contributed by atoms with Crippen LogP contribution in [-0.4, -0.2) is 36.4 Å². The van der Waals surface area contributed by atoms with E-state index < -0.39 is 0 Å². The van der Waals surface area contributed by atoms with Gasteiger partial charge in [-0.05, 0) is 71.3 Å². The normalized spacial score (nSPS) is 11.1. The molecule has 4 aromatic carbocycles. The van der Waals surface area contributed by atoms with Crippen molar-refractivity contribution in [3.63, 3.8) is 0 Å². The van der Waals surface area contributed by atoms with Crippen molar-refractivity contribution in [2.45, 2.75) is 0 Å². The molecular weight excluding hydrogens is 492 g/mol. The zero-order valence-electron chi connectivity index (χ0n) is 20.7. The van der Waals surface area contributed by atoms with Crippen molar-refractivity contribution >= 4 is 36.4 Å². The number of hydrogen-bond acceptors (Lipinski definition) is 6. The second kappa shape index (κ2) is 13.6. The lowest BCUT2D eigenvalue weighted by Gasteiger charge is -2.03. The Hall–Kier alpha value is -5.70. The first kappa shape index (κ1) is 26.4. The predicted octanol–water partition coefficient (Wildman–Crippen LogP) is 3.98. The summed E-state index contributed by atoms with van der Waals surface area (Å²) in [4.78, 5) is 36.8. The highest BCUT2D eigenvalue weighted by Gasteiger charge is 2.05. The van der Waals surface area contributed by atoms with Crippen molar-refractivity contribution in [2.75, 3.05) is 0 Å². The van der Waals surface area contributed by atoms with Gasteiger partial charge in [-0.1, -0.05) is 54.6 Å². The molecule has 192 valence electrons. The molecule has 0 saturated carbocycles. The van der Waals surface area contributed by atoms with Crippen molar-refractivity contribution in [2.24, 2.45) is 15.3 Å². The highest BCUT2D eigenvalue weighted by Crippen LogP contribution is 2.07. The quantitative estimate of drug-likeness (QED) is 0.230. The van der Waals surface area contributed by atoms with Crippen LogP contribution in [0, 0.1) is 0 Å². The summed E-state index contributed by atoms with van der Waals surface area (Å²) < 4.78 is 0. The molecular formula is C30H24N6O3. The van der Waals surface area contributed by atoms with E-state index in [0.717, 1.165) is 0 Å². The maximum absolute atomic E-state index is 12.3. The lowest BCUT2D eigenvalue weighted by molar-refractivity contribution is 0.0947. The Balaban J connectivity index is 1.49. The van der Waals surface area contributed by atoms with E-state index in [0.29, 0.717) is 33.4 Å². The summed E-state index contributed by atoms with van der Waals surface area (Å²) in [5.41, 5.74) is 10.8. The van der Waals surface area contributed by atoms with Crippen molar-refractivity contribution in [1.82, 2.24) is 16.3 Å². The third-order valence-electron chi connectivity index (χ3n) is 5.25. The number of carbonyl (C=O) groups is 3. The highest BCUT2D eigenvalue weighted by atomic mass is 16.2. The van der Waals surface area contributed by atoms with Crippen LogP contribution in [0.5, 0.6) is 0 Å². The molecule has 0 radical (unpaired) electrons. The van der Waals surface area contributed by atoms with Gasteiger partial charge in [0, 0.05) is 16.7 Å². The summed E-state index contributed by atoms with van der Waals surface area (Å²) in [6, 6.07) is 31.4. The van der Waals surface area contributed by atoms with Crippen LogP contribution >= 0.6 is 0 Å². The molecule has 9 heteroatoms. The molecule has 0 spiro atoms. The molecule has 0 bridgehead atoms. The van der Waals surface area contributed by atoms with Crippen LogP contribution < -0.4 is 16.3 Å². The van der Waals surface area contributed by atoms with E-state index in [4.69, 9.17) is 0 Å². The largest absolute Gasteiger partial charge is 0.271 e. The van der Waals surface area contributed by atoms with Gasteiger partial charge in [0.1, 0.15) is 0 Å². The van der Waals surface area contributed by atoms with Crippen LogP contribution in [0.1, 0.15) is 47.8 Å². The summed E-state index contributed by atoms with van der Waals surface area (Å²) in [5.74, 6) is -1.05. The Morgan fingerprint density at radius 1 is 0.436 bits per heavy atom. The number of nitrogens with one attached hydrogen (secondary N) is 3. The molecule has 4 rings (SSSR count). The minimum absolute atomic E-state index is 0.349. The van der Waals surface area contributed by atoms with Crippen LogP contribution in [-0.2, 0) is 0 Å². The van der Waals surface area contributed by atoms with Crippen molar-refractivity contribution in [3.8, 4) is 0 Å². The number of hydrazone groups is 3. The molecule has 9 nitrogen and oxygen atoms in total. The minimum Gasteiger partial charge on any atom is -0.267 e. The van der Waals surface area contributed by atoms with Gasteiger partial charge in [0.15, 0.2) is 0 Å². The number of amides is 3. The van der Waals surface area contributed by atoms with Gasteiger partial charge in [0.25, 0.3) is 17.7 Å².